The van der Waals surface area contributed by atoms with Gasteiger partial charge in [0.2, 0.25) is 5.91 Å². The molecule has 3 heterocycles. The molecule has 2 aromatic heterocycles. The molecule has 174 valence electrons. The number of nitrogens with one attached hydrogen (secondary N) is 2. The van der Waals surface area contributed by atoms with E-state index in [1.165, 1.54) is 12.2 Å². The topological polar surface area (TPSA) is 137 Å². The number of amidine groups is 2. The van der Waals surface area contributed by atoms with Crippen LogP contribution in [0.1, 0.15) is 19.4 Å². The van der Waals surface area contributed by atoms with E-state index in [0.29, 0.717) is 23.9 Å². The monoisotopic (exact) mass is 456 g/mol. The van der Waals surface area contributed by atoms with Gasteiger partial charge < -0.3 is 16.0 Å². The molecule has 1 amide bonds. The number of aromatic nitrogens is 3. The quantitative estimate of drug-likeness (QED) is 0.372. The molecule has 0 unspecified atom stereocenters. The van der Waals surface area contributed by atoms with E-state index in [1.54, 1.807) is 13.8 Å². The minimum absolute atomic E-state index is 0.0155. The molecule has 0 radical (unpaired) electrons. The Bertz CT molecular complexity index is 1310. The number of aliphatic imine (C=N–C) groups is 1. The molecule has 4 N–H and O–H groups in total. The van der Waals surface area contributed by atoms with Crippen molar-refractivity contribution in [2.45, 2.75) is 26.8 Å². The number of carbonyl (C=O) groups excluding carboxylic acids is 1. The van der Waals surface area contributed by atoms with Crippen LogP contribution < -0.4 is 5.73 Å². The predicted molar refractivity (Wildman–Crippen MR) is 134 cm³/mol. The van der Waals surface area contributed by atoms with Crippen LogP contribution in [0.3, 0.4) is 0 Å². The van der Waals surface area contributed by atoms with Crippen LogP contribution in [0.4, 0.5) is 0 Å². The van der Waals surface area contributed by atoms with Crippen LogP contribution in [0.5, 0.6) is 0 Å². The number of hydrogen-bond acceptors (Lipinski definition) is 5. The van der Waals surface area contributed by atoms with Gasteiger partial charge in [0.25, 0.3) is 0 Å². The number of benzene rings is 1. The first-order valence-corrected chi connectivity index (χ1v) is 11.1. The summed E-state index contributed by atoms with van der Waals surface area (Å²) >= 11 is 0. The van der Waals surface area contributed by atoms with Gasteiger partial charge >= 0.3 is 0 Å². The Morgan fingerprint density at radius 2 is 1.97 bits per heavy atom. The van der Waals surface area contributed by atoms with Gasteiger partial charge in [-0.2, -0.15) is 5.10 Å². The number of fused-ring (bicyclic) bond motifs is 1. The van der Waals surface area contributed by atoms with Crippen LogP contribution in [0.25, 0.3) is 22.0 Å². The average molecular weight is 457 g/mol. The van der Waals surface area contributed by atoms with Crippen molar-refractivity contribution < 1.29 is 4.79 Å². The van der Waals surface area contributed by atoms with E-state index >= 15 is 0 Å². The molecule has 0 atom stereocenters. The lowest BCUT2D eigenvalue weighted by Gasteiger charge is -2.38. The third-order valence-corrected chi connectivity index (χ3v) is 5.70. The van der Waals surface area contributed by atoms with Crippen molar-refractivity contribution in [2.75, 3.05) is 13.1 Å². The maximum absolute atomic E-state index is 11.4. The second-order valence-electron chi connectivity index (χ2n) is 8.67. The largest absolute Gasteiger partial charge is 0.387 e. The van der Waals surface area contributed by atoms with Gasteiger partial charge in [-0.3, -0.25) is 19.9 Å². The highest BCUT2D eigenvalue weighted by molar-refractivity contribution is 6.04. The van der Waals surface area contributed by atoms with Gasteiger partial charge in [-0.1, -0.05) is 6.07 Å². The van der Waals surface area contributed by atoms with Crippen molar-refractivity contribution in [3.8, 4) is 11.1 Å². The number of amides is 1. The lowest BCUT2D eigenvalue weighted by atomic mass is 10.0. The van der Waals surface area contributed by atoms with Crippen molar-refractivity contribution in [1.82, 2.24) is 19.7 Å². The van der Waals surface area contributed by atoms with Gasteiger partial charge in [-0.25, -0.2) is 4.99 Å². The average Bonchev–Trinajstić information content (AvgIpc) is 3.22. The van der Waals surface area contributed by atoms with Gasteiger partial charge in [0.05, 0.1) is 11.7 Å². The van der Waals surface area contributed by atoms with E-state index in [4.69, 9.17) is 16.6 Å². The van der Waals surface area contributed by atoms with Crippen LogP contribution in [0, 0.1) is 16.7 Å². The van der Waals surface area contributed by atoms with Crippen molar-refractivity contribution in [2.24, 2.45) is 16.6 Å². The molecule has 0 spiro atoms. The van der Waals surface area contributed by atoms with Crippen LogP contribution in [0.15, 0.2) is 60.0 Å². The second kappa shape index (κ2) is 9.78. The van der Waals surface area contributed by atoms with Gasteiger partial charge in [0, 0.05) is 73.5 Å². The summed E-state index contributed by atoms with van der Waals surface area (Å²) in [4.78, 5) is 21.9. The lowest BCUT2D eigenvalue weighted by Crippen LogP contribution is -2.50. The Labute approximate surface area is 198 Å². The van der Waals surface area contributed by atoms with Gasteiger partial charge in [0.15, 0.2) is 0 Å². The number of nitrogens with zero attached hydrogens (tertiary/aromatic N) is 5. The molecule has 34 heavy (non-hydrogen) atoms. The minimum Gasteiger partial charge on any atom is -0.387 e. The number of pyridine rings is 1. The zero-order chi connectivity index (χ0) is 24.2. The van der Waals surface area contributed by atoms with Crippen LogP contribution in [-0.2, 0) is 17.8 Å². The summed E-state index contributed by atoms with van der Waals surface area (Å²) < 4.78 is 1.93. The first-order valence-electron chi connectivity index (χ1n) is 11.1. The number of nitrogens with two attached hydrogens (primary N) is 1. The van der Waals surface area contributed by atoms with Crippen LogP contribution >= 0.6 is 0 Å². The highest BCUT2D eigenvalue weighted by Gasteiger charge is 2.28. The minimum atomic E-state index is 0.0155. The zero-order valence-electron chi connectivity index (χ0n) is 19.3. The SMILES string of the molecule is CC(=N)C=CC(=N)N=C(N)Cc1ccc2ncc(-c3cnn(CC4CN(C(C)=O)C4)c3)cc2c1. The molecule has 9 nitrogen and oxygen atoms in total. The molecule has 1 saturated heterocycles. The standard InChI is InChI=1S/C25H28N8O/c1-16(26)3-6-24(27)31-25(28)8-18-4-5-23-20(7-18)9-21(10-29-23)22-11-30-33(15-22)14-19-12-32(13-19)17(2)34/h3-7,9-11,15,19,26H,8,12-14H2,1-2H3,(H3,27,28,31). The Balaban J connectivity index is 1.45. The molecule has 9 heteroatoms. The first kappa shape index (κ1) is 23.0. The van der Waals surface area contributed by atoms with Crippen molar-refractivity contribution in [3.05, 3.63) is 60.6 Å². The van der Waals surface area contributed by atoms with Crippen molar-refractivity contribution >= 4 is 34.2 Å². The Morgan fingerprint density at radius 3 is 2.71 bits per heavy atom. The molecule has 0 saturated carbocycles. The summed E-state index contributed by atoms with van der Waals surface area (Å²) in [5.74, 6) is 0.912. The molecule has 1 aliphatic heterocycles. The lowest BCUT2D eigenvalue weighted by molar-refractivity contribution is -0.135. The summed E-state index contributed by atoms with van der Waals surface area (Å²) in [6.07, 6.45) is 9.08. The molecule has 0 aliphatic carbocycles. The van der Waals surface area contributed by atoms with Crippen LogP contribution in [-0.4, -0.2) is 56.0 Å². The molecule has 1 aliphatic rings. The predicted octanol–water partition coefficient (Wildman–Crippen LogP) is 3.05. The number of likely N-dealkylation sites (tertiary alicyclic amines) is 1. The van der Waals surface area contributed by atoms with Crippen molar-refractivity contribution in [1.29, 1.82) is 10.8 Å². The Hall–Kier alpha value is -4.14. The number of carbonyl (C=O) groups is 1. The fraction of sp³-hybridized carbons (Fsp3) is 0.280. The first-order chi connectivity index (χ1) is 16.3. The van der Waals surface area contributed by atoms with E-state index in [2.05, 4.69) is 21.1 Å². The van der Waals surface area contributed by atoms with E-state index in [1.807, 2.05) is 46.4 Å². The molecular formula is C25H28N8O. The summed E-state index contributed by atoms with van der Waals surface area (Å²) in [7, 11) is 0. The molecule has 1 fully saturated rings. The number of allylic oxidation sites excluding steroid dienone is 1. The smallest absolute Gasteiger partial charge is 0.219 e. The van der Waals surface area contributed by atoms with E-state index in [9.17, 15) is 4.79 Å². The number of rotatable bonds is 7. The van der Waals surface area contributed by atoms with Crippen LogP contribution in [0.2, 0.25) is 0 Å². The van der Waals surface area contributed by atoms with Gasteiger partial charge in [-0.15, -0.1) is 0 Å². The Morgan fingerprint density at radius 1 is 1.18 bits per heavy atom. The maximum atomic E-state index is 11.4. The highest BCUT2D eigenvalue weighted by Crippen LogP contribution is 2.24. The van der Waals surface area contributed by atoms with Gasteiger partial charge in [-0.05, 0) is 42.8 Å². The maximum Gasteiger partial charge on any atom is 0.219 e. The second-order valence-corrected chi connectivity index (χ2v) is 8.67. The fourth-order valence-electron chi connectivity index (χ4n) is 3.91. The van der Waals surface area contributed by atoms with Crippen molar-refractivity contribution in [3.63, 3.8) is 0 Å². The molecule has 0 bridgehead atoms. The third-order valence-electron chi connectivity index (χ3n) is 5.70. The van der Waals surface area contributed by atoms with E-state index < -0.39 is 0 Å². The summed E-state index contributed by atoms with van der Waals surface area (Å²) in [5.41, 5.74) is 10.2. The molecular weight excluding hydrogens is 428 g/mol. The summed E-state index contributed by atoms with van der Waals surface area (Å²) in [6.45, 7) is 5.60. The third kappa shape index (κ3) is 5.61. The summed E-state index contributed by atoms with van der Waals surface area (Å²) in [6, 6.07) is 8.02. The zero-order valence-corrected chi connectivity index (χ0v) is 19.3. The molecule has 1 aromatic carbocycles. The molecule has 3 aromatic rings. The molecule has 4 rings (SSSR count). The summed E-state index contributed by atoms with van der Waals surface area (Å²) in [5, 5.41) is 20.7. The Kier molecular flexibility index (Phi) is 6.62. The van der Waals surface area contributed by atoms with Gasteiger partial charge in [0.1, 0.15) is 11.7 Å². The van der Waals surface area contributed by atoms with E-state index in [0.717, 1.165) is 47.2 Å². The fourth-order valence-corrected chi connectivity index (χ4v) is 3.91. The highest BCUT2D eigenvalue weighted by atomic mass is 16.2. The van der Waals surface area contributed by atoms with E-state index in [-0.39, 0.29) is 11.7 Å². The normalized spacial score (nSPS) is 14.5. The number of hydrogen-bond donors (Lipinski definition) is 3.